The van der Waals surface area contributed by atoms with Gasteiger partial charge in [0, 0.05) is 19.2 Å². The second-order valence-corrected chi connectivity index (χ2v) is 6.16. The van der Waals surface area contributed by atoms with E-state index in [0.29, 0.717) is 36.6 Å². The zero-order chi connectivity index (χ0) is 20.7. The fourth-order valence-corrected chi connectivity index (χ4v) is 2.66. The Morgan fingerprint density at radius 2 is 1.89 bits per heavy atom. The number of nitro groups is 1. The van der Waals surface area contributed by atoms with Crippen LogP contribution in [-0.2, 0) is 16.1 Å². The number of aryl methyl sites for hydroxylation is 1. The SMILES string of the molecule is COCCNC(=O)CNC(=O)c1ccc(Cn2nc(C)c([N+](=O)[O-])c2C)cc1. The number of carbonyl (C=O) groups excluding carboxylic acids is 2. The van der Waals surface area contributed by atoms with Crippen molar-refractivity contribution in [2.45, 2.75) is 20.4 Å². The molecule has 0 atom stereocenters. The number of carbonyl (C=O) groups is 2. The van der Waals surface area contributed by atoms with E-state index in [4.69, 9.17) is 4.74 Å². The van der Waals surface area contributed by atoms with Gasteiger partial charge in [-0.15, -0.1) is 0 Å². The zero-order valence-corrected chi connectivity index (χ0v) is 16.0. The zero-order valence-electron chi connectivity index (χ0n) is 16.0. The maximum atomic E-state index is 12.1. The van der Waals surface area contributed by atoms with Gasteiger partial charge in [0.15, 0.2) is 0 Å². The number of hydrogen-bond acceptors (Lipinski definition) is 6. The lowest BCUT2D eigenvalue weighted by Crippen LogP contribution is -2.38. The Morgan fingerprint density at radius 3 is 2.46 bits per heavy atom. The van der Waals surface area contributed by atoms with Gasteiger partial charge in [-0.05, 0) is 31.5 Å². The maximum absolute atomic E-state index is 12.1. The molecule has 0 fully saturated rings. The summed E-state index contributed by atoms with van der Waals surface area (Å²) in [5.74, 6) is -0.664. The van der Waals surface area contributed by atoms with Crippen LogP contribution in [0.3, 0.4) is 0 Å². The summed E-state index contributed by atoms with van der Waals surface area (Å²) in [5, 5.41) is 20.4. The molecule has 0 radical (unpaired) electrons. The average Bonchev–Trinajstić information content (AvgIpc) is 2.94. The number of aromatic nitrogens is 2. The lowest BCUT2D eigenvalue weighted by atomic mass is 10.1. The summed E-state index contributed by atoms with van der Waals surface area (Å²) in [7, 11) is 1.54. The van der Waals surface area contributed by atoms with Crippen molar-refractivity contribution in [3.05, 3.63) is 56.9 Å². The van der Waals surface area contributed by atoms with E-state index in [1.807, 2.05) is 0 Å². The summed E-state index contributed by atoms with van der Waals surface area (Å²) in [6, 6.07) is 6.76. The first-order chi connectivity index (χ1) is 13.3. The second-order valence-electron chi connectivity index (χ2n) is 6.16. The summed E-state index contributed by atoms with van der Waals surface area (Å²) < 4.78 is 6.39. The molecular weight excluding hydrogens is 366 g/mol. The first kappa shape index (κ1) is 21.0. The minimum absolute atomic E-state index is 0.0137. The van der Waals surface area contributed by atoms with Gasteiger partial charge in [0.05, 0.1) is 24.6 Å². The van der Waals surface area contributed by atoms with Crippen molar-refractivity contribution >= 4 is 17.5 Å². The molecule has 28 heavy (non-hydrogen) atoms. The van der Waals surface area contributed by atoms with Gasteiger partial charge in [-0.25, -0.2) is 0 Å². The summed E-state index contributed by atoms with van der Waals surface area (Å²) in [4.78, 5) is 34.3. The van der Waals surface area contributed by atoms with Gasteiger partial charge in [-0.1, -0.05) is 12.1 Å². The molecule has 10 nitrogen and oxygen atoms in total. The van der Waals surface area contributed by atoms with Gasteiger partial charge in [0.1, 0.15) is 11.4 Å². The van der Waals surface area contributed by atoms with Crippen LogP contribution in [0.15, 0.2) is 24.3 Å². The molecule has 0 saturated carbocycles. The van der Waals surface area contributed by atoms with Crippen molar-refractivity contribution in [2.75, 3.05) is 26.8 Å². The highest BCUT2D eigenvalue weighted by atomic mass is 16.6. The molecule has 0 bridgehead atoms. The van der Waals surface area contributed by atoms with Gasteiger partial charge in [0.2, 0.25) is 5.91 Å². The standard InChI is InChI=1S/C18H23N5O5/c1-12-17(23(26)27)13(2)22(21-12)11-14-4-6-15(7-5-14)18(25)20-10-16(24)19-8-9-28-3/h4-7H,8-11H2,1-3H3,(H,19,24)(H,20,25). The number of amides is 2. The van der Waals surface area contributed by atoms with E-state index in [1.165, 1.54) is 7.11 Å². The number of ether oxygens (including phenoxy) is 1. The molecule has 1 aromatic carbocycles. The van der Waals surface area contributed by atoms with Crippen LogP contribution in [0, 0.1) is 24.0 Å². The molecule has 1 aromatic heterocycles. The van der Waals surface area contributed by atoms with Crippen LogP contribution in [0.4, 0.5) is 5.69 Å². The lowest BCUT2D eigenvalue weighted by molar-refractivity contribution is -0.386. The Bertz CT molecular complexity index is 860. The molecule has 0 aliphatic heterocycles. The first-order valence-corrected chi connectivity index (χ1v) is 8.64. The first-order valence-electron chi connectivity index (χ1n) is 8.64. The van der Waals surface area contributed by atoms with Gasteiger partial charge in [-0.2, -0.15) is 5.10 Å². The van der Waals surface area contributed by atoms with Gasteiger partial charge >= 0.3 is 5.69 Å². The molecule has 0 unspecified atom stereocenters. The molecule has 0 spiro atoms. The number of methoxy groups -OCH3 is 1. The lowest BCUT2D eigenvalue weighted by Gasteiger charge is -2.08. The molecule has 2 amide bonds. The van der Waals surface area contributed by atoms with Gasteiger partial charge in [-0.3, -0.25) is 24.4 Å². The van der Waals surface area contributed by atoms with E-state index in [2.05, 4.69) is 15.7 Å². The van der Waals surface area contributed by atoms with Crippen LogP contribution in [0.25, 0.3) is 0 Å². The highest BCUT2D eigenvalue weighted by Gasteiger charge is 2.21. The summed E-state index contributed by atoms with van der Waals surface area (Å²) in [6.07, 6.45) is 0. The van der Waals surface area contributed by atoms with Crippen LogP contribution in [0.1, 0.15) is 27.3 Å². The van der Waals surface area contributed by atoms with E-state index in [9.17, 15) is 19.7 Å². The average molecular weight is 389 g/mol. The Kier molecular flexibility index (Phi) is 7.21. The number of rotatable bonds is 9. The van der Waals surface area contributed by atoms with E-state index in [0.717, 1.165) is 5.56 Å². The Balaban J connectivity index is 1.94. The third kappa shape index (κ3) is 5.36. The van der Waals surface area contributed by atoms with Crippen LogP contribution < -0.4 is 10.6 Å². The molecule has 0 saturated heterocycles. The Morgan fingerprint density at radius 1 is 1.21 bits per heavy atom. The van der Waals surface area contributed by atoms with Crippen molar-refractivity contribution in [2.24, 2.45) is 0 Å². The second kappa shape index (κ2) is 9.60. The number of hydrogen-bond donors (Lipinski definition) is 2. The van der Waals surface area contributed by atoms with E-state index >= 15 is 0 Å². The fourth-order valence-electron chi connectivity index (χ4n) is 2.66. The van der Waals surface area contributed by atoms with Crippen LogP contribution >= 0.6 is 0 Å². The molecule has 2 aromatic rings. The van der Waals surface area contributed by atoms with Crippen LogP contribution in [-0.4, -0.2) is 53.3 Å². The molecule has 10 heteroatoms. The molecular formula is C18H23N5O5. The van der Waals surface area contributed by atoms with E-state index in [1.54, 1.807) is 42.8 Å². The quantitative estimate of drug-likeness (QED) is 0.373. The van der Waals surface area contributed by atoms with Crippen molar-refractivity contribution < 1.29 is 19.2 Å². The number of benzene rings is 1. The minimum Gasteiger partial charge on any atom is -0.383 e. The van der Waals surface area contributed by atoms with Gasteiger partial charge in [0.25, 0.3) is 5.91 Å². The summed E-state index contributed by atoms with van der Waals surface area (Å²) >= 11 is 0. The van der Waals surface area contributed by atoms with E-state index < -0.39 is 4.92 Å². The molecule has 2 rings (SSSR count). The monoisotopic (exact) mass is 389 g/mol. The largest absolute Gasteiger partial charge is 0.383 e. The highest BCUT2D eigenvalue weighted by molar-refractivity contribution is 5.96. The summed E-state index contributed by atoms with van der Waals surface area (Å²) in [5.41, 5.74) is 2.10. The van der Waals surface area contributed by atoms with E-state index in [-0.39, 0.29) is 24.0 Å². The van der Waals surface area contributed by atoms with Crippen molar-refractivity contribution in [3.63, 3.8) is 0 Å². The molecule has 1 heterocycles. The molecule has 0 aliphatic rings. The Hall–Kier alpha value is -3.27. The fraction of sp³-hybridized carbons (Fsp3) is 0.389. The van der Waals surface area contributed by atoms with Gasteiger partial charge < -0.3 is 15.4 Å². The topological polar surface area (TPSA) is 128 Å². The third-order valence-corrected chi connectivity index (χ3v) is 4.11. The van der Waals surface area contributed by atoms with Crippen molar-refractivity contribution in [1.82, 2.24) is 20.4 Å². The van der Waals surface area contributed by atoms with Crippen LogP contribution in [0.5, 0.6) is 0 Å². The summed E-state index contributed by atoms with van der Waals surface area (Å²) in [6.45, 7) is 4.26. The highest BCUT2D eigenvalue weighted by Crippen LogP contribution is 2.22. The van der Waals surface area contributed by atoms with Crippen molar-refractivity contribution in [3.8, 4) is 0 Å². The smallest absolute Gasteiger partial charge is 0.312 e. The Labute approximate surface area is 162 Å². The third-order valence-electron chi connectivity index (χ3n) is 4.11. The predicted octanol–water partition coefficient (Wildman–Crippen LogP) is 0.949. The minimum atomic E-state index is -0.437. The normalized spacial score (nSPS) is 10.5. The maximum Gasteiger partial charge on any atom is 0.312 e. The molecule has 0 aliphatic carbocycles. The van der Waals surface area contributed by atoms with Crippen LogP contribution in [0.2, 0.25) is 0 Å². The molecule has 2 N–H and O–H groups in total. The molecule has 150 valence electrons. The number of nitrogens with zero attached hydrogens (tertiary/aromatic N) is 3. The number of nitrogens with one attached hydrogen (secondary N) is 2. The van der Waals surface area contributed by atoms with Crippen molar-refractivity contribution in [1.29, 1.82) is 0 Å². The predicted molar refractivity (Wildman–Crippen MR) is 101 cm³/mol.